The van der Waals surface area contributed by atoms with Crippen molar-refractivity contribution in [3.63, 3.8) is 0 Å². The average molecular weight is 272 g/mol. The minimum Gasteiger partial charge on any atom is -0.468 e. The van der Waals surface area contributed by atoms with E-state index in [1.54, 1.807) is 13.0 Å². The van der Waals surface area contributed by atoms with Gasteiger partial charge in [-0.05, 0) is 37.5 Å². The molecule has 1 atom stereocenters. The first-order valence-electron chi connectivity index (χ1n) is 5.33. The zero-order valence-corrected chi connectivity index (χ0v) is 11.2. The van der Waals surface area contributed by atoms with Crippen LogP contribution < -0.4 is 0 Å². The van der Waals surface area contributed by atoms with Gasteiger partial charge in [-0.15, -0.1) is 11.6 Å². The third kappa shape index (κ3) is 3.20. The Balaban J connectivity index is 3.06. The predicted molar refractivity (Wildman–Crippen MR) is 67.9 cm³/mol. The Kier molecular flexibility index (Phi) is 4.67. The Morgan fingerprint density at radius 1 is 1.44 bits per heavy atom. The topological polar surface area (TPSA) is 69.4 Å². The lowest BCUT2D eigenvalue weighted by molar-refractivity contribution is -0.385. The fraction of sp³-hybridized carbons (Fsp3) is 0.417. The summed E-state index contributed by atoms with van der Waals surface area (Å²) in [7, 11) is 1.25. The van der Waals surface area contributed by atoms with Gasteiger partial charge in [0.1, 0.15) is 5.38 Å². The number of halogens is 1. The van der Waals surface area contributed by atoms with Crippen LogP contribution in [0.4, 0.5) is 5.69 Å². The number of benzene rings is 1. The lowest BCUT2D eigenvalue weighted by Crippen LogP contribution is -2.19. The number of ether oxygens (including phenoxy) is 1. The molecule has 0 aliphatic rings. The number of methoxy groups -OCH3 is 1. The number of esters is 1. The number of nitrogens with zero attached hydrogens (tertiary/aromatic N) is 1. The van der Waals surface area contributed by atoms with E-state index in [-0.39, 0.29) is 12.1 Å². The second-order valence-electron chi connectivity index (χ2n) is 4.02. The van der Waals surface area contributed by atoms with Crippen LogP contribution in [0.25, 0.3) is 0 Å². The highest BCUT2D eigenvalue weighted by molar-refractivity contribution is 6.30. The SMILES string of the molecule is COC(=O)C(Cl)Cc1cc([N+](=O)[O-])c(C)cc1C. The molecule has 0 amide bonds. The summed E-state index contributed by atoms with van der Waals surface area (Å²) in [6.07, 6.45) is 0.210. The van der Waals surface area contributed by atoms with Crippen molar-refractivity contribution in [1.82, 2.24) is 0 Å². The van der Waals surface area contributed by atoms with Crippen molar-refractivity contribution in [2.75, 3.05) is 7.11 Å². The zero-order chi connectivity index (χ0) is 13.9. The normalized spacial score (nSPS) is 12.0. The number of hydrogen-bond acceptors (Lipinski definition) is 4. The molecule has 0 saturated carbocycles. The van der Waals surface area contributed by atoms with Crippen LogP contribution in [0, 0.1) is 24.0 Å². The average Bonchev–Trinajstić information content (AvgIpc) is 2.30. The molecule has 1 rings (SSSR count). The van der Waals surface area contributed by atoms with E-state index in [1.165, 1.54) is 13.2 Å². The molecule has 0 radical (unpaired) electrons. The Bertz CT molecular complexity index is 487. The van der Waals surface area contributed by atoms with Crippen LogP contribution in [-0.2, 0) is 16.0 Å². The first-order valence-corrected chi connectivity index (χ1v) is 5.77. The summed E-state index contributed by atoms with van der Waals surface area (Å²) in [5, 5.41) is 10.0. The van der Waals surface area contributed by atoms with Gasteiger partial charge in [0.05, 0.1) is 12.0 Å². The highest BCUT2D eigenvalue weighted by Gasteiger charge is 2.20. The summed E-state index contributed by atoms with van der Waals surface area (Å²) < 4.78 is 4.52. The van der Waals surface area contributed by atoms with Crippen LogP contribution in [0.5, 0.6) is 0 Å². The number of aryl methyl sites for hydroxylation is 2. The number of rotatable bonds is 4. The molecule has 0 fully saturated rings. The standard InChI is InChI=1S/C12H14ClNO4/c1-7-4-8(2)11(14(16)17)6-9(7)5-10(13)12(15)18-3/h4,6,10H,5H2,1-3H3. The molecular weight excluding hydrogens is 258 g/mol. The number of hydrogen-bond donors (Lipinski definition) is 0. The van der Waals surface area contributed by atoms with Gasteiger partial charge in [-0.3, -0.25) is 14.9 Å². The van der Waals surface area contributed by atoms with Gasteiger partial charge in [-0.2, -0.15) is 0 Å². The molecule has 0 saturated heterocycles. The molecular formula is C12H14ClNO4. The van der Waals surface area contributed by atoms with Crippen molar-refractivity contribution in [1.29, 1.82) is 0 Å². The van der Waals surface area contributed by atoms with E-state index < -0.39 is 16.3 Å². The fourth-order valence-electron chi connectivity index (χ4n) is 1.70. The van der Waals surface area contributed by atoms with Crippen molar-refractivity contribution in [2.45, 2.75) is 25.6 Å². The summed E-state index contributed by atoms with van der Waals surface area (Å²) in [4.78, 5) is 21.6. The van der Waals surface area contributed by atoms with Gasteiger partial charge in [0.15, 0.2) is 0 Å². The molecule has 5 nitrogen and oxygen atoms in total. The summed E-state index contributed by atoms with van der Waals surface area (Å²) in [6, 6.07) is 3.18. The van der Waals surface area contributed by atoms with Gasteiger partial charge in [0.2, 0.25) is 0 Å². The first kappa shape index (κ1) is 14.4. The summed E-state index contributed by atoms with van der Waals surface area (Å²) in [6.45, 7) is 3.50. The Hall–Kier alpha value is -1.62. The third-order valence-electron chi connectivity index (χ3n) is 2.71. The number of carbonyl (C=O) groups excluding carboxylic acids is 1. The van der Waals surface area contributed by atoms with Gasteiger partial charge >= 0.3 is 5.97 Å². The molecule has 0 N–H and O–H groups in total. The Morgan fingerprint density at radius 3 is 2.56 bits per heavy atom. The Labute approximate surface area is 110 Å². The van der Waals surface area contributed by atoms with E-state index in [9.17, 15) is 14.9 Å². The minimum atomic E-state index is -0.837. The number of carbonyl (C=O) groups is 1. The smallest absolute Gasteiger partial charge is 0.324 e. The molecule has 98 valence electrons. The molecule has 18 heavy (non-hydrogen) atoms. The minimum absolute atomic E-state index is 0.0318. The van der Waals surface area contributed by atoms with Crippen molar-refractivity contribution in [2.24, 2.45) is 0 Å². The third-order valence-corrected chi connectivity index (χ3v) is 3.04. The second-order valence-corrected chi connectivity index (χ2v) is 4.54. The van der Waals surface area contributed by atoms with Crippen LogP contribution in [0.3, 0.4) is 0 Å². The summed E-state index contributed by atoms with van der Waals surface area (Å²) >= 11 is 5.87. The van der Waals surface area contributed by atoms with Crippen molar-refractivity contribution < 1.29 is 14.5 Å². The summed E-state index contributed by atoms with van der Waals surface area (Å²) in [5.41, 5.74) is 2.17. The van der Waals surface area contributed by atoms with E-state index in [0.717, 1.165) is 5.56 Å². The van der Waals surface area contributed by atoms with Crippen LogP contribution in [-0.4, -0.2) is 23.4 Å². The second kappa shape index (κ2) is 5.82. The highest BCUT2D eigenvalue weighted by Crippen LogP contribution is 2.24. The predicted octanol–water partition coefficient (Wildman–Crippen LogP) is 2.53. The molecule has 6 heteroatoms. The molecule has 1 aromatic rings. The highest BCUT2D eigenvalue weighted by atomic mass is 35.5. The maximum absolute atomic E-state index is 11.2. The van der Waals surface area contributed by atoms with Crippen molar-refractivity contribution in [3.05, 3.63) is 38.9 Å². The fourth-order valence-corrected chi connectivity index (χ4v) is 1.96. The van der Waals surface area contributed by atoms with Gasteiger partial charge in [0.25, 0.3) is 5.69 Å². The lowest BCUT2D eigenvalue weighted by atomic mass is 10.00. The first-order chi connectivity index (χ1) is 8.36. The molecule has 0 spiro atoms. The van der Waals surface area contributed by atoms with Crippen LogP contribution in [0.1, 0.15) is 16.7 Å². The molecule has 0 aromatic heterocycles. The van der Waals surface area contributed by atoms with Crippen LogP contribution in [0.15, 0.2) is 12.1 Å². The van der Waals surface area contributed by atoms with E-state index >= 15 is 0 Å². The van der Waals surface area contributed by atoms with Crippen molar-refractivity contribution in [3.8, 4) is 0 Å². The number of nitro groups is 1. The summed E-state index contributed by atoms with van der Waals surface area (Å²) in [5.74, 6) is -0.542. The lowest BCUT2D eigenvalue weighted by Gasteiger charge is -2.10. The molecule has 0 aliphatic carbocycles. The number of nitro benzene ring substituents is 1. The Morgan fingerprint density at radius 2 is 2.06 bits per heavy atom. The van der Waals surface area contributed by atoms with E-state index in [1.807, 2.05) is 6.92 Å². The molecule has 0 bridgehead atoms. The molecule has 1 unspecified atom stereocenters. The number of alkyl halides is 1. The van der Waals surface area contributed by atoms with Crippen LogP contribution >= 0.6 is 11.6 Å². The zero-order valence-electron chi connectivity index (χ0n) is 10.4. The molecule has 1 aromatic carbocycles. The molecule has 0 heterocycles. The maximum Gasteiger partial charge on any atom is 0.324 e. The monoisotopic (exact) mass is 271 g/mol. The van der Waals surface area contributed by atoms with E-state index in [2.05, 4.69) is 4.74 Å². The largest absolute Gasteiger partial charge is 0.468 e. The van der Waals surface area contributed by atoms with Gasteiger partial charge in [-0.25, -0.2) is 0 Å². The van der Waals surface area contributed by atoms with Gasteiger partial charge in [-0.1, -0.05) is 0 Å². The van der Waals surface area contributed by atoms with E-state index in [0.29, 0.717) is 11.1 Å². The van der Waals surface area contributed by atoms with Crippen LogP contribution in [0.2, 0.25) is 0 Å². The quantitative estimate of drug-likeness (QED) is 0.365. The maximum atomic E-state index is 11.2. The molecule has 0 aliphatic heterocycles. The van der Waals surface area contributed by atoms with E-state index in [4.69, 9.17) is 11.6 Å². The van der Waals surface area contributed by atoms with Gasteiger partial charge in [0, 0.05) is 11.6 Å². The van der Waals surface area contributed by atoms with Crippen molar-refractivity contribution >= 4 is 23.3 Å². The van der Waals surface area contributed by atoms with Gasteiger partial charge < -0.3 is 4.74 Å².